The quantitative estimate of drug-likeness (QED) is 0.674. The minimum atomic E-state index is -3.77. The van der Waals surface area contributed by atoms with Crippen LogP contribution in [0.3, 0.4) is 0 Å². The Bertz CT molecular complexity index is 1080. The minimum absolute atomic E-state index is 0.0685. The molecule has 0 radical (unpaired) electrons. The second kappa shape index (κ2) is 9.16. The highest BCUT2D eigenvalue weighted by molar-refractivity contribution is 7.89. The number of ether oxygens (including phenoxy) is 1. The summed E-state index contributed by atoms with van der Waals surface area (Å²) in [4.78, 5) is 24.8. The third-order valence-corrected chi connectivity index (χ3v) is 7.33. The standard InChI is InChI=1S/C21H23ClN2O5S/c1-3-29-21(26)16-7-6-8-18(14(16)2)23-20(25)15-9-10-17(22)19(13-15)30(27,28)24-11-4-5-12-24/h6-10,13H,3-5,11-12H2,1-2H3,(H,23,25). The molecule has 1 saturated heterocycles. The van der Waals surface area contributed by atoms with E-state index in [1.807, 2.05) is 0 Å². The van der Waals surface area contributed by atoms with Gasteiger partial charge in [0.25, 0.3) is 5.91 Å². The molecule has 0 aromatic heterocycles. The fraction of sp³-hybridized carbons (Fsp3) is 0.333. The van der Waals surface area contributed by atoms with Crippen LogP contribution in [0.5, 0.6) is 0 Å². The van der Waals surface area contributed by atoms with E-state index in [2.05, 4.69) is 5.32 Å². The van der Waals surface area contributed by atoms with Crippen molar-refractivity contribution in [3.8, 4) is 0 Å². The first-order chi connectivity index (χ1) is 14.3. The predicted octanol–water partition coefficient (Wildman–Crippen LogP) is 3.86. The Morgan fingerprint density at radius 1 is 1.17 bits per heavy atom. The minimum Gasteiger partial charge on any atom is -0.462 e. The van der Waals surface area contributed by atoms with Crippen LogP contribution in [0.2, 0.25) is 5.02 Å². The molecule has 3 rings (SSSR count). The topological polar surface area (TPSA) is 92.8 Å². The number of hydrogen-bond acceptors (Lipinski definition) is 5. The van der Waals surface area contributed by atoms with Crippen molar-refractivity contribution in [2.45, 2.75) is 31.6 Å². The van der Waals surface area contributed by atoms with Gasteiger partial charge in [0.2, 0.25) is 10.0 Å². The molecule has 160 valence electrons. The van der Waals surface area contributed by atoms with E-state index in [4.69, 9.17) is 16.3 Å². The van der Waals surface area contributed by atoms with Gasteiger partial charge in [-0.25, -0.2) is 13.2 Å². The fourth-order valence-corrected chi connectivity index (χ4v) is 5.32. The number of amides is 1. The number of nitrogens with zero attached hydrogens (tertiary/aromatic N) is 1. The van der Waals surface area contributed by atoms with Crippen LogP contribution in [-0.2, 0) is 14.8 Å². The van der Waals surface area contributed by atoms with Gasteiger partial charge in [0, 0.05) is 24.3 Å². The maximum absolute atomic E-state index is 12.9. The van der Waals surface area contributed by atoms with Gasteiger partial charge < -0.3 is 10.1 Å². The SMILES string of the molecule is CCOC(=O)c1cccc(NC(=O)c2ccc(Cl)c(S(=O)(=O)N3CCCC3)c2)c1C. The first-order valence-electron chi connectivity index (χ1n) is 9.63. The van der Waals surface area contributed by atoms with Crippen molar-refractivity contribution in [3.63, 3.8) is 0 Å². The smallest absolute Gasteiger partial charge is 0.338 e. The fourth-order valence-electron chi connectivity index (χ4n) is 3.31. The number of rotatable bonds is 6. The number of nitrogens with one attached hydrogen (secondary N) is 1. The number of benzene rings is 2. The van der Waals surface area contributed by atoms with Crippen LogP contribution >= 0.6 is 11.6 Å². The van der Waals surface area contributed by atoms with Gasteiger partial charge in [-0.15, -0.1) is 0 Å². The van der Waals surface area contributed by atoms with Crippen molar-refractivity contribution in [1.29, 1.82) is 0 Å². The Hall–Kier alpha value is -2.42. The van der Waals surface area contributed by atoms with Crippen molar-refractivity contribution in [3.05, 3.63) is 58.1 Å². The van der Waals surface area contributed by atoms with Crippen LogP contribution in [0, 0.1) is 6.92 Å². The van der Waals surface area contributed by atoms with Crippen molar-refractivity contribution in [1.82, 2.24) is 4.31 Å². The molecule has 1 amide bonds. The molecule has 1 aliphatic heterocycles. The molecule has 0 bridgehead atoms. The number of hydrogen-bond donors (Lipinski definition) is 1. The zero-order chi connectivity index (χ0) is 21.9. The molecular formula is C21H23ClN2O5S. The van der Waals surface area contributed by atoms with E-state index in [0.717, 1.165) is 12.8 Å². The molecule has 0 spiro atoms. The molecule has 2 aromatic carbocycles. The van der Waals surface area contributed by atoms with Crippen molar-refractivity contribution < 1.29 is 22.7 Å². The third kappa shape index (κ3) is 4.50. The highest BCUT2D eigenvalue weighted by Crippen LogP contribution is 2.29. The first kappa shape index (κ1) is 22.3. The van der Waals surface area contributed by atoms with Crippen LogP contribution in [0.25, 0.3) is 0 Å². The van der Waals surface area contributed by atoms with Gasteiger partial charge in [0.15, 0.2) is 0 Å². The van der Waals surface area contributed by atoms with E-state index >= 15 is 0 Å². The van der Waals surface area contributed by atoms with Crippen molar-refractivity contribution in [2.24, 2.45) is 0 Å². The summed E-state index contributed by atoms with van der Waals surface area (Å²) in [6.45, 7) is 4.54. The molecule has 1 N–H and O–H groups in total. The zero-order valence-corrected chi connectivity index (χ0v) is 18.3. The maximum atomic E-state index is 12.9. The Labute approximate surface area is 181 Å². The summed E-state index contributed by atoms with van der Waals surface area (Å²) < 4.78 is 32.2. The molecule has 30 heavy (non-hydrogen) atoms. The van der Waals surface area contributed by atoms with Gasteiger partial charge in [0.05, 0.1) is 17.2 Å². The van der Waals surface area contributed by atoms with E-state index in [-0.39, 0.29) is 22.1 Å². The van der Waals surface area contributed by atoms with Crippen LogP contribution < -0.4 is 5.32 Å². The van der Waals surface area contributed by atoms with Gasteiger partial charge in [-0.3, -0.25) is 4.79 Å². The highest BCUT2D eigenvalue weighted by atomic mass is 35.5. The second-order valence-corrected chi connectivity index (χ2v) is 9.22. The average molecular weight is 451 g/mol. The highest BCUT2D eigenvalue weighted by Gasteiger charge is 2.30. The third-order valence-electron chi connectivity index (χ3n) is 4.95. The van der Waals surface area contributed by atoms with Crippen LogP contribution in [0.4, 0.5) is 5.69 Å². The lowest BCUT2D eigenvalue weighted by atomic mass is 10.1. The van der Waals surface area contributed by atoms with Crippen molar-refractivity contribution in [2.75, 3.05) is 25.0 Å². The normalized spacial score (nSPS) is 14.5. The predicted molar refractivity (Wildman–Crippen MR) is 115 cm³/mol. The van der Waals surface area contributed by atoms with Gasteiger partial charge >= 0.3 is 5.97 Å². The zero-order valence-electron chi connectivity index (χ0n) is 16.8. The average Bonchev–Trinajstić information content (AvgIpc) is 3.25. The van der Waals surface area contributed by atoms with Crippen molar-refractivity contribution >= 4 is 39.2 Å². The van der Waals surface area contributed by atoms with E-state index in [0.29, 0.717) is 29.9 Å². The Kier molecular flexibility index (Phi) is 6.80. The van der Waals surface area contributed by atoms with Crippen LogP contribution in [0.1, 0.15) is 46.0 Å². The largest absolute Gasteiger partial charge is 0.462 e. The molecule has 1 aliphatic rings. The Morgan fingerprint density at radius 3 is 2.53 bits per heavy atom. The van der Waals surface area contributed by atoms with E-state index in [9.17, 15) is 18.0 Å². The number of carbonyl (C=O) groups is 2. The number of sulfonamides is 1. The summed E-state index contributed by atoms with van der Waals surface area (Å²) in [6.07, 6.45) is 1.60. The summed E-state index contributed by atoms with van der Waals surface area (Å²) in [5, 5.41) is 2.80. The molecule has 0 atom stereocenters. The van der Waals surface area contributed by atoms with Gasteiger partial charge in [0.1, 0.15) is 4.90 Å². The molecule has 1 heterocycles. The van der Waals surface area contributed by atoms with Crippen LogP contribution in [-0.4, -0.2) is 44.3 Å². The van der Waals surface area contributed by atoms with E-state index in [1.165, 1.54) is 22.5 Å². The number of esters is 1. The summed E-state index contributed by atoms with van der Waals surface area (Å²) in [6, 6.07) is 9.07. The lowest BCUT2D eigenvalue weighted by Gasteiger charge is -2.17. The van der Waals surface area contributed by atoms with Crippen LogP contribution in [0.15, 0.2) is 41.3 Å². The Balaban J connectivity index is 1.88. The maximum Gasteiger partial charge on any atom is 0.338 e. The van der Waals surface area contributed by atoms with E-state index < -0.39 is 21.9 Å². The molecule has 0 aliphatic carbocycles. The molecule has 0 saturated carbocycles. The van der Waals surface area contributed by atoms with Gasteiger partial charge in [-0.2, -0.15) is 4.31 Å². The molecule has 2 aromatic rings. The lowest BCUT2D eigenvalue weighted by Crippen LogP contribution is -2.28. The van der Waals surface area contributed by atoms with Gasteiger partial charge in [-0.05, 0) is 62.6 Å². The summed E-state index contributed by atoms with van der Waals surface area (Å²) in [7, 11) is -3.77. The molecule has 9 heteroatoms. The number of halogens is 1. The van der Waals surface area contributed by atoms with E-state index in [1.54, 1.807) is 32.0 Å². The molecule has 7 nitrogen and oxygen atoms in total. The summed E-state index contributed by atoms with van der Waals surface area (Å²) in [5.41, 5.74) is 1.49. The molecule has 1 fully saturated rings. The monoisotopic (exact) mass is 450 g/mol. The summed E-state index contributed by atoms with van der Waals surface area (Å²) >= 11 is 6.15. The second-order valence-electron chi connectivity index (χ2n) is 6.91. The first-order valence-corrected chi connectivity index (χ1v) is 11.4. The number of anilines is 1. The summed E-state index contributed by atoms with van der Waals surface area (Å²) in [5.74, 6) is -0.981. The molecule has 0 unspecified atom stereocenters. The number of carbonyl (C=O) groups excluding carboxylic acids is 2. The Morgan fingerprint density at radius 2 is 1.87 bits per heavy atom. The molecular weight excluding hydrogens is 428 g/mol. The lowest BCUT2D eigenvalue weighted by molar-refractivity contribution is 0.0525. The van der Waals surface area contributed by atoms with Gasteiger partial charge in [-0.1, -0.05) is 17.7 Å².